The lowest BCUT2D eigenvalue weighted by molar-refractivity contribution is 0.394. The maximum Gasteiger partial charge on any atom is 0.232 e. The molecule has 2 aromatic rings. The molecule has 0 aliphatic carbocycles. The molecule has 0 unspecified atom stereocenters. The molecule has 0 fully saturated rings. The van der Waals surface area contributed by atoms with Crippen molar-refractivity contribution in [2.75, 3.05) is 12.4 Å². The highest BCUT2D eigenvalue weighted by atomic mass is 79.9. The fourth-order valence-electron chi connectivity index (χ4n) is 2.04. The van der Waals surface area contributed by atoms with Crippen LogP contribution < -0.4 is 10.1 Å². The van der Waals surface area contributed by atoms with Gasteiger partial charge in [-0.05, 0) is 47.8 Å². The topological polar surface area (TPSA) is 47.0 Å². The molecular weight excluding hydrogens is 306 g/mol. The molecule has 0 aliphatic rings. The van der Waals surface area contributed by atoms with Gasteiger partial charge < -0.3 is 10.1 Å². The summed E-state index contributed by atoms with van der Waals surface area (Å²) < 4.78 is 5.90. The second-order valence-corrected chi connectivity index (χ2v) is 5.30. The second-order valence-electron chi connectivity index (χ2n) is 4.45. The first kappa shape index (κ1) is 13.8. The van der Waals surface area contributed by atoms with E-state index in [4.69, 9.17) is 4.74 Å². The van der Waals surface area contributed by atoms with Gasteiger partial charge in [0.2, 0.25) is 11.8 Å². The largest absolute Gasteiger partial charge is 0.480 e. The maximum atomic E-state index is 5.16. The minimum absolute atomic E-state index is 0.514. The molecule has 1 aromatic heterocycles. The normalized spacial score (nSPS) is 10.4. The number of methoxy groups -OCH3 is 1. The Balaban J connectivity index is 2.36. The highest BCUT2D eigenvalue weighted by molar-refractivity contribution is 9.10. The lowest BCUT2D eigenvalue weighted by Crippen LogP contribution is -2.02. The van der Waals surface area contributed by atoms with Gasteiger partial charge in [0.05, 0.1) is 17.8 Å². The van der Waals surface area contributed by atoms with E-state index in [2.05, 4.69) is 64.1 Å². The van der Waals surface area contributed by atoms with Crippen LogP contribution in [0.3, 0.4) is 0 Å². The Kier molecular flexibility index (Phi) is 4.04. The molecule has 1 heterocycles. The molecule has 2 rings (SSSR count). The van der Waals surface area contributed by atoms with Crippen molar-refractivity contribution in [1.29, 1.82) is 0 Å². The maximum absolute atomic E-state index is 5.16. The lowest BCUT2D eigenvalue weighted by atomic mass is 10.1. The monoisotopic (exact) mass is 321 g/mol. The highest BCUT2D eigenvalue weighted by Crippen LogP contribution is 2.27. The molecule has 0 bridgehead atoms. The van der Waals surface area contributed by atoms with Crippen molar-refractivity contribution in [2.24, 2.45) is 0 Å². The molecule has 4 nitrogen and oxygen atoms in total. The number of anilines is 2. The van der Waals surface area contributed by atoms with Gasteiger partial charge in [-0.25, -0.2) is 4.98 Å². The number of benzene rings is 1. The Hall–Kier alpha value is -1.62. The average Bonchev–Trinajstić information content (AvgIpc) is 2.35. The van der Waals surface area contributed by atoms with Crippen LogP contribution in [-0.4, -0.2) is 17.1 Å². The predicted molar refractivity (Wildman–Crippen MR) is 80.2 cm³/mol. The Bertz CT molecular complexity index is 591. The minimum atomic E-state index is 0.514. The number of rotatable bonds is 3. The highest BCUT2D eigenvalue weighted by Gasteiger charge is 2.08. The van der Waals surface area contributed by atoms with Crippen LogP contribution in [0, 0.1) is 20.8 Å². The summed E-state index contributed by atoms with van der Waals surface area (Å²) in [5, 5.41) is 3.25. The molecule has 0 saturated heterocycles. The Morgan fingerprint density at radius 2 is 1.79 bits per heavy atom. The Morgan fingerprint density at radius 3 is 2.37 bits per heavy atom. The molecule has 1 aromatic carbocycles. The van der Waals surface area contributed by atoms with Crippen molar-refractivity contribution in [2.45, 2.75) is 20.8 Å². The predicted octanol–water partition coefficient (Wildman–Crippen LogP) is 3.92. The summed E-state index contributed by atoms with van der Waals surface area (Å²) in [6, 6.07) is 4.26. The standard InChI is InChI=1S/C14H16BrN3O/c1-8-5-9(2)12(10(3)6-8)17-14-16-7-11(15)13(18-14)19-4/h5-7H,1-4H3,(H,16,17,18). The van der Waals surface area contributed by atoms with Crippen LogP contribution in [0.25, 0.3) is 0 Å². The van der Waals surface area contributed by atoms with Crippen molar-refractivity contribution < 1.29 is 4.74 Å². The number of nitrogens with zero attached hydrogens (tertiary/aromatic N) is 2. The van der Waals surface area contributed by atoms with Gasteiger partial charge in [0.1, 0.15) is 0 Å². The zero-order valence-electron chi connectivity index (χ0n) is 11.4. The number of ether oxygens (including phenoxy) is 1. The van der Waals surface area contributed by atoms with E-state index in [9.17, 15) is 0 Å². The van der Waals surface area contributed by atoms with Crippen LogP contribution in [0.15, 0.2) is 22.8 Å². The summed E-state index contributed by atoms with van der Waals surface area (Å²) in [4.78, 5) is 8.54. The average molecular weight is 322 g/mol. The third kappa shape index (κ3) is 3.04. The van der Waals surface area contributed by atoms with Gasteiger partial charge >= 0.3 is 0 Å². The van der Waals surface area contributed by atoms with Crippen molar-refractivity contribution in [3.63, 3.8) is 0 Å². The van der Waals surface area contributed by atoms with E-state index in [0.717, 1.165) is 10.2 Å². The molecule has 0 spiro atoms. The lowest BCUT2D eigenvalue weighted by Gasteiger charge is -2.13. The van der Waals surface area contributed by atoms with Crippen LogP contribution in [-0.2, 0) is 0 Å². The molecule has 0 saturated carbocycles. The van der Waals surface area contributed by atoms with Crippen molar-refractivity contribution in [3.05, 3.63) is 39.5 Å². The van der Waals surface area contributed by atoms with Crippen LogP contribution in [0.2, 0.25) is 0 Å². The fraction of sp³-hybridized carbons (Fsp3) is 0.286. The minimum Gasteiger partial charge on any atom is -0.480 e. The van der Waals surface area contributed by atoms with E-state index in [-0.39, 0.29) is 0 Å². The molecule has 0 aliphatic heterocycles. The first-order valence-electron chi connectivity index (χ1n) is 5.92. The smallest absolute Gasteiger partial charge is 0.232 e. The molecule has 100 valence electrons. The summed E-state index contributed by atoms with van der Waals surface area (Å²) in [7, 11) is 1.58. The third-order valence-electron chi connectivity index (χ3n) is 2.82. The van der Waals surface area contributed by atoms with Gasteiger partial charge in [-0.15, -0.1) is 0 Å². The molecular formula is C14H16BrN3O. The molecule has 0 radical (unpaired) electrons. The van der Waals surface area contributed by atoms with Crippen LogP contribution in [0.1, 0.15) is 16.7 Å². The molecule has 5 heteroatoms. The third-order valence-corrected chi connectivity index (χ3v) is 3.36. The molecule has 0 amide bonds. The Morgan fingerprint density at radius 1 is 1.16 bits per heavy atom. The zero-order chi connectivity index (χ0) is 14.0. The quantitative estimate of drug-likeness (QED) is 0.930. The first-order chi connectivity index (χ1) is 9.01. The van der Waals surface area contributed by atoms with Gasteiger partial charge in [0.15, 0.2) is 0 Å². The van der Waals surface area contributed by atoms with E-state index in [1.165, 1.54) is 16.7 Å². The molecule has 1 N–H and O–H groups in total. The van der Waals surface area contributed by atoms with Crippen LogP contribution in [0.4, 0.5) is 11.6 Å². The Labute approximate surface area is 121 Å². The van der Waals surface area contributed by atoms with Crippen molar-refractivity contribution in [3.8, 4) is 5.88 Å². The van der Waals surface area contributed by atoms with Gasteiger partial charge in [-0.2, -0.15) is 4.98 Å². The summed E-state index contributed by atoms with van der Waals surface area (Å²) in [5.41, 5.74) is 4.62. The van der Waals surface area contributed by atoms with E-state index >= 15 is 0 Å². The number of aryl methyl sites for hydroxylation is 3. The van der Waals surface area contributed by atoms with Gasteiger partial charge in [-0.3, -0.25) is 0 Å². The van der Waals surface area contributed by atoms with E-state index in [0.29, 0.717) is 11.8 Å². The van der Waals surface area contributed by atoms with Crippen molar-refractivity contribution in [1.82, 2.24) is 9.97 Å². The van der Waals surface area contributed by atoms with Gasteiger partial charge in [0.25, 0.3) is 0 Å². The molecule has 0 atom stereocenters. The summed E-state index contributed by atoms with van der Waals surface area (Å²) >= 11 is 3.34. The number of hydrogen-bond acceptors (Lipinski definition) is 4. The van der Waals surface area contributed by atoms with Gasteiger partial charge in [0, 0.05) is 5.69 Å². The second kappa shape index (κ2) is 5.57. The van der Waals surface area contributed by atoms with Crippen LogP contribution in [0.5, 0.6) is 5.88 Å². The van der Waals surface area contributed by atoms with E-state index in [1.807, 2.05) is 0 Å². The molecule has 19 heavy (non-hydrogen) atoms. The summed E-state index contributed by atoms with van der Waals surface area (Å²) in [5.74, 6) is 1.04. The first-order valence-corrected chi connectivity index (χ1v) is 6.72. The zero-order valence-corrected chi connectivity index (χ0v) is 13.0. The van der Waals surface area contributed by atoms with Gasteiger partial charge in [-0.1, -0.05) is 17.7 Å². The van der Waals surface area contributed by atoms with E-state index < -0.39 is 0 Å². The van der Waals surface area contributed by atoms with Crippen molar-refractivity contribution >= 4 is 27.6 Å². The summed E-state index contributed by atoms with van der Waals surface area (Å²) in [6.07, 6.45) is 1.67. The summed E-state index contributed by atoms with van der Waals surface area (Å²) in [6.45, 7) is 6.22. The number of nitrogens with one attached hydrogen (secondary N) is 1. The van der Waals surface area contributed by atoms with Crippen LogP contribution >= 0.6 is 15.9 Å². The van der Waals surface area contributed by atoms with E-state index in [1.54, 1.807) is 13.3 Å². The number of aromatic nitrogens is 2. The fourth-order valence-corrected chi connectivity index (χ4v) is 2.40. The number of hydrogen-bond donors (Lipinski definition) is 1. The number of halogens is 1. The SMILES string of the molecule is COc1nc(Nc2c(C)cc(C)cc2C)ncc1Br.